The smallest absolute Gasteiger partial charge is 0.325 e. The molecular formula is C87H158O8. The minimum absolute atomic E-state index is 0.00160. The van der Waals surface area contributed by atoms with Crippen LogP contribution in [0, 0.1) is 27.6 Å². The highest BCUT2D eigenvalue weighted by molar-refractivity contribution is 6.09. The third-order valence-corrected chi connectivity index (χ3v) is 21.7. The van der Waals surface area contributed by atoms with Gasteiger partial charge in [-0.05, 0) is 66.2 Å². The van der Waals surface area contributed by atoms with Gasteiger partial charge in [0.1, 0.15) is 5.41 Å². The van der Waals surface area contributed by atoms with Crippen molar-refractivity contribution >= 4 is 23.9 Å². The van der Waals surface area contributed by atoms with Gasteiger partial charge in [0.25, 0.3) is 0 Å². The van der Waals surface area contributed by atoms with Crippen molar-refractivity contribution in [3.63, 3.8) is 0 Å². The van der Waals surface area contributed by atoms with Crippen LogP contribution in [0.5, 0.6) is 0 Å². The van der Waals surface area contributed by atoms with Crippen LogP contribution in [0.25, 0.3) is 0 Å². The van der Waals surface area contributed by atoms with E-state index in [1.54, 1.807) is 0 Å². The van der Waals surface area contributed by atoms with Crippen LogP contribution < -0.4 is 0 Å². The minimum atomic E-state index is -2.65. The first-order valence-electron chi connectivity index (χ1n) is 41.8. The van der Waals surface area contributed by atoms with Crippen LogP contribution in [-0.4, -0.2) is 48.8 Å². The van der Waals surface area contributed by atoms with Crippen LogP contribution in [-0.2, 0) is 33.4 Å². The Bertz CT molecular complexity index is 1910. The second-order valence-electron chi connectivity index (χ2n) is 29.6. The Morgan fingerprint density at radius 1 is 0.326 bits per heavy atom. The average molecular weight is 1330 g/mol. The molecule has 1 saturated carbocycles. The van der Waals surface area contributed by atoms with Gasteiger partial charge in [-0.15, -0.1) is 0 Å². The predicted octanol–water partition coefficient (Wildman–Crippen LogP) is 27.7. The number of aliphatic carboxylic acids is 1. The van der Waals surface area contributed by atoms with Crippen LogP contribution in [0.3, 0.4) is 0 Å². The molecule has 0 spiro atoms. The van der Waals surface area contributed by atoms with Gasteiger partial charge in [0.2, 0.25) is 0 Å². The Labute approximate surface area is 589 Å². The fourth-order valence-corrected chi connectivity index (χ4v) is 16.3. The number of hydrogen-bond donors (Lipinski definition) is 1. The lowest BCUT2D eigenvalue weighted by Gasteiger charge is -2.61. The quantitative estimate of drug-likeness (QED) is 0.0210. The third-order valence-electron chi connectivity index (χ3n) is 21.7. The Morgan fingerprint density at radius 2 is 0.589 bits per heavy atom. The van der Waals surface area contributed by atoms with Crippen LogP contribution in [0.4, 0.5) is 0 Å². The topological polar surface area (TPSA) is 116 Å². The zero-order chi connectivity index (χ0) is 69.5. The predicted molar refractivity (Wildman–Crippen MR) is 408 cm³/mol. The third kappa shape index (κ3) is 35.6. The Kier molecular flexibility index (Phi) is 58.5. The fraction of sp³-hybridized carbons (Fsp3) is 0.862. The van der Waals surface area contributed by atoms with E-state index in [9.17, 15) is 9.90 Å². The molecule has 1 aliphatic carbocycles. The van der Waals surface area contributed by atoms with Gasteiger partial charge in [-0.25, -0.2) is 0 Å². The van der Waals surface area contributed by atoms with E-state index in [-0.39, 0.29) is 32.7 Å². The first-order valence-corrected chi connectivity index (χ1v) is 41.8. The molecule has 1 fully saturated rings. The molecule has 4 atom stereocenters. The lowest BCUT2D eigenvalue weighted by Crippen LogP contribution is -2.71. The van der Waals surface area contributed by atoms with Crippen molar-refractivity contribution in [1.82, 2.24) is 0 Å². The van der Waals surface area contributed by atoms with Gasteiger partial charge >= 0.3 is 23.9 Å². The second kappa shape index (κ2) is 61.9. The van der Waals surface area contributed by atoms with Gasteiger partial charge in [-0.3, -0.25) is 19.2 Å². The molecule has 0 heterocycles. The molecule has 1 rings (SSSR count). The van der Waals surface area contributed by atoms with Crippen molar-refractivity contribution in [2.24, 2.45) is 27.6 Å². The zero-order valence-electron chi connectivity index (χ0n) is 64.3. The van der Waals surface area contributed by atoms with Crippen molar-refractivity contribution < 1.29 is 38.5 Å². The number of carboxylic acids is 1. The van der Waals surface area contributed by atoms with Crippen LogP contribution in [0.1, 0.15) is 434 Å². The number of rotatable bonds is 64. The van der Waals surface area contributed by atoms with E-state index in [0.717, 1.165) is 77.0 Å². The van der Waals surface area contributed by atoms with Gasteiger partial charge < -0.3 is 19.3 Å². The highest BCUT2D eigenvalue weighted by Gasteiger charge is 2.80. The van der Waals surface area contributed by atoms with E-state index >= 15 is 14.4 Å². The van der Waals surface area contributed by atoms with Crippen LogP contribution in [0.2, 0.25) is 0 Å². The minimum Gasteiger partial charge on any atom is -0.481 e. The summed E-state index contributed by atoms with van der Waals surface area (Å²) in [4.78, 5) is 65.3. The number of esters is 3. The summed E-state index contributed by atoms with van der Waals surface area (Å²) >= 11 is 0. The summed E-state index contributed by atoms with van der Waals surface area (Å²) in [5.41, 5.74) is -7.38. The largest absolute Gasteiger partial charge is 0.481 e. The Hall–Kier alpha value is -3.16. The first kappa shape index (κ1) is 89.9. The summed E-state index contributed by atoms with van der Waals surface area (Å²) < 4.78 is 20.0. The number of carbonyl (C=O) groups is 4. The molecule has 554 valence electrons. The molecule has 0 aromatic heterocycles. The summed E-state index contributed by atoms with van der Waals surface area (Å²) in [7, 11) is 0. The molecule has 0 amide bonds. The summed E-state index contributed by atoms with van der Waals surface area (Å²) in [6, 6.07) is 0. The van der Waals surface area contributed by atoms with Gasteiger partial charge in [0.15, 0.2) is 5.41 Å². The second-order valence-corrected chi connectivity index (χ2v) is 29.6. The lowest BCUT2D eigenvalue weighted by molar-refractivity contribution is -0.220. The Morgan fingerprint density at radius 3 is 0.884 bits per heavy atom. The molecule has 0 aliphatic heterocycles. The molecule has 1 aliphatic rings. The van der Waals surface area contributed by atoms with E-state index in [0.29, 0.717) is 51.4 Å². The van der Waals surface area contributed by atoms with Crippen LogP contribution >= 0.6 is 0 Å². The maximum absolute atomic E-state index is 17.1. The van der Waals surface area contributed by atoms with Gasteiger partial charge in [0.05, 0.1) is 25.7 Å². The SMILES string of the molecule is C/C=C\C1(/C=C/C)CCCCCCC(C(=O)O)C(C(=O)OCCCC)(C(=O)OCCCCCCCCCCCCCCCCCCC)C(CCCCCCCCCCCCCCCCCC)(C(=O)OCCCCCCCCCCCCCCCCCCC)C1(/C=C/C)/C=C/C. The molecule has 0 aromatic rings. The average Bonchev–Trinajstić information content (AvgIpc) is 0.948. The normalized spacial score (nSPS) is 19.5. The number of carboxylic acid groups (broad SMARTS) is 1. The maximum atomic E-state index is 17.1. The van der Waals surface area contributed by atoms with Gasteiger partial charge in [-0.2, -0.15) is 0 Å². The molecule has 8 nitrogen and oxygen atoms in total. The van der Waals surface area contributed by atoms with E-state index in [1.807, 2.05) is 71.1 Å². The van der Waals surface area contributed by atoms with Gasteiger partial charge in [-0.1, -0.05) is 417 Å². The van der Waals surface area contributed by atoms with Crippen LogP contribution in [0.15, 0.2) is 48.6 Å². The molecule has 1 N–H and O–H groups in total. The highest BCUT2D eigenvalue weighted by atomic mass is 16.6. The molecular weight excluding hydrogens is 1170 g/mol. The monoisotopic (exact) mass is 1330 g/mol. The molecule has 95 heavy (non-hydrogen) atoms. The standard InChI is InChI=1S/C87H158O8/c1-9-17-21-24-27-30-33-36-39-42-45-48-51-54-57-62-67-77-93-81(90)86(75-66-60-56-53-50-47-44-41-38-35-32-29-26-23-19-11-3)85(72-15-7,73-16-8)84(70-13-5,71-14-6)74-65-61-59-64-69-79(80(88)89)87(86,82(91)94-76-20-12-4)83(92)95-78-68-63-58-55-52-49-46-43-40-37-34-31-28-25-22-18-10-2/h13-16,70-73,79H,9-12,17-69,74-78H2,1-8H3,(H,88,89)/b70-13-,71-14+,72-15+,73-16+. The van der Waals surface area contributed by atoms with Crippen molar-refractivity contribution in [3.05, 3.63) is 48.6 Å². The summed E-state index contributed by atoms with van der Waals surface area (Å²) in [5, 5.41) is 12.1. The highest BCUT2D eigenvalue weighted by Crippen LogP contribution is 2.70. The van der Waals surface area contributed by atoms with Crippen molar-refractivity contribution in [2.45, 2.75) is 434 Å². The molecule has 8 heteroatoms. The summed E-state index contributed by atoms with van der Waals surface area (Å²) in [6.45, 7) is 16.8. The van der Waals surface area contributed by atoms with E-state index in [1.165, 1.54) is 238 Å². The molecule has 4 unspecified atom stereocenters. The molecule has 0 saturated heterocycles. The van der Waals surface area contributed by atoms with E-state index in [2.05, 4.69) is 32.9 Å². The summed E-state index contributed by atoms with van der Waals surface area (Å²) in [6.07, 6.45) is 81.2. The van der Waals surface area contributed by atoms with E-state index in [4.69, 9.17) is 14.2 Å². The summed E-state index contributed by atoms with van der Waals surface area (Å²) in [5.74, 6) is -5.57. The van der Waals surface area contributed by atoms with E-state index < -0.39 is 51.5 Å². The lowest BCUT2D eigenvalue weighted by atomic mass is 9.38. The van der Waals surface area contributed by atoms with Crippen molar-refractivity contribution in [1.29, 1.82) is 0 Å². The number of carbonyl (C=O) groups excluding carboxylic acids is 3. The maximum Gasteiger partial charge on any atom is 0.325 e. The number of hydrogen-bond acceptors (Lipinski definition) is 7. The van der Waals surface area contributed by atoms with Crippen molar-refractivity contribution in [3.8, 4) is 0 Å². The first-order chi connectivity index (χ1) is 46.5. The number of ether oxygens (including phenoxy) is 3. The fourth-order valence-electron chi connectivity index (χ4n) is 16.3. The molecule has 0 bridgehead atoms. The van der Waals surface area contributed by atoms with Gasteiger partial charge in [0, 0.05) is 10.8 Å². The Balaban J connectivity index is 3.91. The zero-order valence-corrected chi connectivity index (χ0v) is 64.3. The molecule has 0 radical (unpaired) electrons. The number of allylic oxidation sites excluding steroid dienone is 8. The molecule has 0 aromatic carbocycles. The van der Waals surface area contributed by atoms with Crippen molar-refractivity contribution in [2.75, 3.05) is 19.8 Å². The number of unbranched alkanes of at least 4 members (excludes halogenated alkanes) is 48.